The zero-order chi connectivity index (χ0) is 14.6. The molecular weight excluding hydrogens is 254 g/mol. The van der Waals surface area contributed by atoms with Crippen molar-refractivity contribution >= 4 is 10.8 Å². The molecule has 0 bridgehead atoms. The quantitative estimate of drug-likeness (QED) is 0.705. The van der Waals surface area contributed by atoms with Crippen LogP contribution in [0.5, 0.6) is 5.75 Å². The van der Waals surface area contributed by atoms with Gasteiger partial charge in [-0.3, -0.25) is 5.32 Å². The summed E-state index contributed by atoms with van der Waals surface area (Å²) in [5, 5.41) is 24.3. The highest BCUT2D eigenvalue weighted by Crippen LogP contribution is 2.25. The molecule has 0 radical (unpaired) electrons. The van der Waals surface area contributed by atoms with Gasteiger partial charge in [0.15, 0.2) is 0 Å². The van der Waals surface area contributed by atoms with Crippen LogP contribution < -0.4 is 10.1 Å². The van der Waals surface area contributed by atoms with E-state index in [1.54, 1.807) is 13.8 Å². The fourth-order valence-corrected chi connectivity index (χ4v) is 1.93. The summed E-state index contributed by atoms with van der Waals surface area (Å²) in [4.78, 5) is 0. The van der Waals surface area contributed by atoms with Crippen LogP contribution in [0, 0.1) is 0 Å². The average molecular weight is 275 g/mol. The molecule has 0 aliphatic carbocycles. The van der Waals surface area contributed by atoms with E-state index < -0.39 is 11.8 Å². The lowest BCUT2D eigenvalue weighted by molar-refractivity contribution is 0.0201. The molecule has 108 valence electrons. The Morgan fingerprint density at radius 3 is 2.60 bits per heavy atom. The number of ether oxygens (including phenoxy) is 1. The van der Waals surface area contributed by atoms with Gasteiger partial charge in [-0.1, -0.05) is 36.4 Å². The normalized spacial score (nSPS) is 13.4. The van der Waals surface area contributed by atoms with Crippen LogP contribution >= 0.6 is 0 Å². The molecule has 0 spiro atoms. The van der Waals surface area contributed by atoms with E-state index in [1.165, 1.54) is 0 Å². The van der Waals surface area contributed by atoms with Crippen molar-refractivity contribution in [2.45, 2.75) is 25.7 Å². The molecule has 0 heterocycles. The second-order valence-electron chi connectivity index (χ2n) is 5.38. The van der Waals surface area contributed by atoms with Gasteiger partial charge in [-0.15, -0.1) is 0 Å². The van der Waals surface area contributed by atoms with E-state index in [2.05, 4.69) is 5.32 Å². The molecule has 1 atom stereocenters. The van der Waals surface area contributed by atoms with Gasteiger partial charge in [-0.25, -0.2) is 0 Å². The van der Waals surface area contributed by atoms with Gasteiger partial charge >= 0.3 is 0 Å². The molecule has 3 N–H and O–H groups in total. The smallest absolute Gasteiger partial charge is 0.127 e. The molecule has 1 unspecified atom stereocenters. The SMILES string of the molecule is CC(C)(O)NCC(O)COc1cccc2ccccc12. The van der Waals surface area contributed by atoms with Crippen molar-refractivity contribution in [2.75, 3.05) is 13.2 Å². The van der Waals surface area contributed by atoms with Crippen LogP contribution in [0.2, 0.25) is 0 Å². The summed E-state index contributed by atoms with van der Waals surface area (Å²) in [6, 6.07) is 13.8. The van der Waals surface area contributed by atoms with Gasteiger partial charge in [0.25, 0.3) is 0 Å². The number of aliphatic hydroxyl groups excluding tert-OH is 1. The Hall–Kier alpha value is -1.62. The molecule has 2 aromatic carbocycles. The Bertz CT molecular complexity index is 558. The molecule has 4 nitrogen and oxygen atoms in total. The van der Waals surface area contributed by atoms with Gasteiger partial charge in [-0.05, 0) is 25.3 Å². The fraction of sp³-hybridized carbons (Fsp3) is 0.375. The van der Waals surface area contributed by atoms with E-state index >= 15 is 0 Å². The van der Waals surface area contributed by atoms with Gasteiger partial charge in [0.1, 0.15) is 24.2 Å². The Balaban J connectivity index is 1.96. The molecule has 0 aliphatic rings. The molecule has 0 saturated heterocycles. The molecular formula is C16H21NO3. The summed E-state index contributed by atoms with van der Waals surface area (Å²) >= 11 is 0. The third kappa shape index (κ3) is 4.20. The lowest BCUT2D eigenvalue weighted by atomic mass is 10.1. The molecule has 2 rings (SSSR count). The minimum atomic E-state index is -1.000. The van der Waals surface area contributed by atoms with Gasteiger partial charge in [0, 0.05) is 11.9 Å². The van der Waals surface area contributed by atoms with Gasteiger partial charge < -0.3 is 14.9 Å². The van der Waals surface area contributed by atoms with E-state index in [4.69, 9.17) is 4.74 Å². The molecule has 0 saturated carbocycles. The molecule has 4 heteroatoms. The molecule has 0 aliphatic heterocycles. The van der Waals surface area contributed by atoms with Crippen LogP contribution in [0.1, 0.15) is 13.8 Å². The summed E-state index contributed by atoms with van der Waals surface area (Å²) < 4.78 is 5.67. The van der Waals surface area contributed by atoms with Crippen molar-refractivity contribution in [3.63, 3.8) is 0 Å². The first-order valence-electron chi connectivity index (χ1n) is 6.72. The van der Waals surface area contributed by atoms with Gasteiger partial charge in [-0.2, -0.15) is 0 Å². The summed E-state index contributed by atoms with van der Waals surface area (Å²) in [6.45, 7) is 3.71. The number of hydrogen-bond acceptors (Lipinski definition) is 4. The molecule has 0 amide bonds. The van der Waals surface area contributed by atoms with Crippen LogP contribution in [-0.2, 0) is 0 Å². The Kier molecular flexibility index (Phi) is 4.60. The van der Waals surface area contributed by atoms with Crippen LogP contribution in [0.4, 0.5) is 0 Å². The van der Waals surface area contributed by atoms with Crippen molar-refractivity contribution in [2.24, 2.45) is 0 Å². The van der Waals surface area contributed by atoms with E-state index in [0.29, 0.717) is 0 Å². The van der Waals surface area contributed by atoms with Crippen molar-refractivity contribution in [1.29, 1.82) is 0 Å². The third-order valence-electron chi connectivity index (χ3n) is 2.95. The number of nitrogens with one attached hydrogen (secondary N) is 1. The zero-order valence-corrected chi connectivity index (χ0v) is 11.8. The maximum absolute atomic E-state index is 9.85. The maximum Gasteiger partial charge on any atom is 0.127 e. The van der Waals surface area contributed by atoms with Crippen molar-refractivity contribution < 1.29 is 14.9 Å². The lowest BCUT2D eigenvalue weighted by Gasteiger charge is -2.21. The second kappa shape index (κ2) is 6.22. The Morgan fingerprint density at radius 2 is 1.85 bits per heavy atom. The lowest BCUT2D eigenvalue weighted by Crippen LogP contribution is -2.44. The highest BCUT2D eigenvalue weighted by molar-refractivity contribution is 5.88. The van der Waals surface area contributed by atoms with Gasteiger partial charge in [0.05, 0.1) is 0 Å². The summed E-state index contributed by atoms with van der Waals surface area (Å²) in [5.41, 5.74) is -1.000. The highest BCUT2D eigenvalue weighted by Gasteiger charge is 2.14. The number of rotatable bonds is 6. The standard InChI is InChI=1S/C16H21NO3/c1-16(2,19)17-10-13(18)11-20-15-9-5-7-12-6-3-4-8-14(12)15/h3-9,13,17-19H,10-11H2,1-2H3. The monoisotopic (exact) mass is 275 g/mol. The van der Waals surface area contributed by atoms with Crippen LogP contribution in [-0.4, -0.2) is 35.2 Å². The number of hydrogen-bond donors (Lipinski definition) is 3. The Morgan fingerprint density at radius 1 is 1.15 bits per heavy atom. The van der Waals surface area contributed by atoms with E-state index in [0.717, 1.165) is 16.5 Å². The van der Waals surface area contributed by atoms with Crippen molar-refractivity contribution in [3.05, 3.63) is 42.5 Å². The Labute approximate surface area is 119 Å². The third-order valence-corrected chi connectivity index (χ3v) is 2.95. The van der Waals surface area contributed by atoms with Crippen LogP contribution in [0.3, 0.4) is 0 Å². The minimum Gasteiger partial charge on any atom is -0.490 e. The predicted octanol–water partition coefficient (Wildman–Crippen LogP) is 1.90. The topological polar surface area (TPSA) is 61.7 Å². The maximum atomic E-state index is 9.85. The first-order chi connectivity index (χ1) is 9.46. The van der Waals surface area contributed by atoms with E-state index in [9.17, 15) is 10.2 Å². The van der Waals surface area contributed by atoms with Crippen molar-refractivity contribution in [3.8, 4) is 5.75 Å². The summed E-state index contributed by atoms with van der Waals surface area (Å²) in [6.07, 6.45) is -0.680. The average Bonchev–Trinajstić information content (AvgIpc) is 2.42. The van der Waals surface area contributed by atoms with E-state index in [-0.39, 0.29) is 13.2 Å². The summed E-state index contributed by atoms with van der Waals surface area (Å²) in [5.74, 6) is 0.755. The molecule has 0 fully saturated rings. The number of fused-ring (bicyclic) bond motifs is 1. The van der Waals surface area contributed by atoms with Crippen LogP contribution in [0.15, 0.2) is 42.5 Å². The molecule has 0 aromatic heterocycles. The van der Waals surface area contributed by atoms with Crippen LogP contribution in [0.25, 0.3) is 10.8 Å². The number of aliphatic hydroxyl groups is 2. The minimum absolute atomic E-state index is 0.178. The molecule has 20 heavy (non-hydrogen) atoms. The summed E-state index contributed by atoms with van der Waals surface area (Å²) in [7, 11) is 0. The largest absolute Gasteiger partial charge is 0.490 e. The first kappa shape index (κ1) is 14.8. The zero-order valence-electron chi connectivity index (χ0n) is 11.8. The predicted molar refractivity (Wildman–Crippen MR) is 79.8 cm³/mol. The number of benzene rings is 2. The fourth-order valence-electron chi connectivity index (χ4n) is 1.93. The highest BCUT2D eigenvalue weighted by atomic mass is 16.5. The van der Waals surface area contributed by atoms with Crippen molar-refractivity contribution in [1.82, 2.24) is 5.32 Å². The van der Waals surface area contributed by atoms with Gasteiger partial charge in [0.2, 0.25) is 0 Å². The molecule has 2 aromatic rings. The first-order valence-corrected chi connectivity index (χ1v) is 6.72. The second-order valence-corrected chi connectivity index (χ2v) is 5.38. The van der Waals surface area contributed by atoms with E-state index in [1.807, 2.05) is 42.5 Å².